The van der Waals surface area contributed by atoms with Crippen molar-refractivity contribution in [2.45, 2.75) is 31.8 Å². The Balaban J connectivity index is 2.18. The highest BCUT2D eigenvalue weighted by Crippen LogP contribution is 2.27. The highest BCUT2D eigenvalue weighted by atomic mass is 35.5. The second kappa shape index (κ2) is 7.02. The molecule has 0 bridgehead atoms. The van der Waals surface area contributed by atoms with Gasteiger partial charge in [-0.1, -0.05) is 18.0 Å². The number of hydrogen-bond acceptors (Lipinski definition) is 4. The van der Waals surface area contributed by atoms with E-state index in [-0.39, 0.29) is 10.6 Å². The molecular weight excluding hydrogens is 278 g/mol. The zero-order valence-electron chi connectivity index (χ0n) is 11.6. The average molecular weight is 298 g/mol. The number of benzene rings is 1. The number of nitrogens with one attached hydrogen (secondary N) is 1. The Morgan fingerprint density at radius 2 is 2.30 bits per heavy atom. The van der Waals surface area contributed by atoms with Gasteiger partial charge in [0.1, 0.15) is 0 Å². The smallest absolute Gasteiger partial charge is 0.273 e. The summed E-state index contributed by atoms with van der Waals surface area (Å²) in [6.07, 6.45) is 3.50. The number of halogens is 1. The minimum absolute atomic E-state index is 0.156. The average Bonchev–Trinajstić information content (AvgIpc) is 2.41. The van der Waals surface area contributed by atoms with Gasteiger partial charge >= 0.3 is 0 Å². The van der Waals surface area contributed by atoms with Crippen molar-refractivity contribution in [3.05, 3.63) is 38.9 Å². The largest absolute Gasteiger partial charge is 0.318 e. The molecule has 1 aromatic carbocycles. The van der Waals surface area contributed by atoms with Gasteiger partial charge in [-0.25, -0.2) is 0 Å². The third kappa shape index (κ3) is 3.69. The molecule has 0 aliphatic carbocycles. The van der Waals surface area contributed by atoms with Crippen LogP contribution in [0, 0.1) is 10.1 Å². The van der Waals surface area contributed by atoms with Gasteiger partial charge in [0.15, 0.2) is 0 Å². The fourth-order valence-electron chi connectivity index (χ4n) is 2.81. The third-order valence-corrected chi connectivity index (χ3v) is 4.04. The predicted octanol–water partition coefficient (Wildman–Crippen LogP) is 2.82. The van der Waals surface area contributed by atoms with Gasteiger partial charge in [0.05, 0.1) is 4.92 Å². The number of likely N-dealkylation sites (tertiary alicyclic amines) is 1. The van der Waals surface area contributed by atoms with Crippen LogP contribution in [-0.2, 0) is 6.54 Å². The SMILES string of the molecule is CNCC1CCCCN1Cc1cc(Cl)ccc1[N+](=O)[O-]. The second-order valence-corrected chi connectivity index (χ2v) is 5.64. The van der Waals surface area contributed by atoms with Crippen molar-refractivity contribution in [1.29, 1.82) is 0 Å². The molecule has 110 valence electrons. The predicted molar refractivity (Wildman–Crippen MR) is 80.1 cm³/mol. The van der Waals surface area contributed by atoms with Gasteiger partial charge < -0.3 is 5.32 Å². The first-order chi connectivity index (χ1) is 9.61. The van der Waals surface area contributed by atoms with Crippen molar-refractivity contribution in [2.75, 3.05) is 20.1 Å². The number of nitro benzene ring substituents is 1. The maximum atomic E-state index is 11.1. The highest BCUT2D eigenvalue weighted by molar-refractivity contribution is 6.30. The first-order valence-electron chi connectivity index (χ1n) is 6.93. The molecule has 0 spiro atoms. The Bertz CT molecular complexity index is 479. The number of rotatable bonds is 5. The van der Waals surface area contributed by atoms with E-state index >= 15 is 0 Å². The molecular formula is C14H20ClN3O2. The molecule has 0 aromatic heterocycles. The molecule has 1 unspecified atom stereocenters. The minimum Gasteiger partial charge on any atom is -0.318 e. The van der Waals surface area contributed by atoms with E-state index in [4.69, 9.17) is 11.6 Å². The monoisotopic (exact) mass is 297 g/mol. The molecule has 0 amide bonds. The molecule has 2 rings (SSSR count). The van der Waals surface area contributed by atoms with E-state index in [2.05, 4.69) is 10.2 Å². The summed E-state index contributed by atoms with van der Waals surface area (Å²) in [5.41, 5.74) is 0.855. The van der Waals surface area contributed by atoms with Crippen LogP contribution < -0.4 is 5.32 Å². The lowest BCUT2D eigenvalue weighted by Gasteiger charge is -2.35. The lowest BCUT2D eigenvalue weighted by atomic mass is 10.0. The summed E-state index contributed by atoms with van der Waals surface area (Å²) in [6.45, 7) is 2.48. The summed E-state index contributed by atoms with van der Waals surface area (Å²) in [7, 11) is 1.94. The Morgan fingerprint density at radius 3 is 3.00 bits per heavy atom. The van der Waals surface area contributed by atoms with Crippen LogP contribution in [0.3, 0.4) is 0 Å². The van der Waals surface area contributed by atoms with E-state index in [1.165, 1.54) is 12.5 Å². The molecule has 20 heavy (non-hydrogen) atoms. The molecule has 0 radical (unpaired) electrons. The number of nitro groups is 1. The van der Waals surface area contributed by atoms with Crippen LogP contribution in [0.4, 0.5) is 5.69 Å². The maximum Gasteiger partial charge on any atom is 0.273 e. The third-order valence-electron chi connectivity index (χ3n) is 3.80. The Labute approximate surface area is 124 Å². The summed E-state index contributed by atoms with van der Waals surface area (Å²) < 4.78 is 0. The van der Waals surface area contributed by atoms with Crippen LogP contribution in [0.15, 0.2) is 18.2 Å². The van der Waals surface area contributed by atoms with Gasteiger partial charge in [-0.3, -0.25) is 15.0 Å². The quantitative estimate of drug-likeness (QED) is 0.671. The van der Waals surface area contributed by atoms with E-state index < -0.39 is 0 Å². The molecule has 1 fully saturated rings. The van der Waals surface area contributed by atoms with Gasteiger partial charge in [0, 0.05) is 35.8 Å². The molecule has 0 saturated carbocycles. The van der Waals surface area contributed by atoms with Crippen molar-refractivity contribution < 1.29 is 4.92 Å². The van der Waals surface area contributed by atoms with Crippen LogP contribution in [-0.4, -0.2) is 36.0 Å². The van der Waals surface area contributed by atoms with Gasteiger partial charge in [-0.2, -0.15) is 0 Å². The Kier molecular flexibility index (Phi) is 5.34. The van der Waals surface area contributed by atoms with Crippen molar-refractivity contribution in [3.63, 3.8) is 0 Å². The summed E-state index contributed by atoms with van der Waals surface area (Å²) in [5.74, 6) is 0. The Hall–Kier alpha value is -1.17. The molecule has 1 atom stereocenters. The van der Waals surface area contributed by atoms with Crippen molar-refractivity contribution in [2.24, 2.45) is 0 Å². The first-order valence-corrected chi connectivity index (χ1v) is 7.31. The topological polar surface area (TPSA) is 58.4 Å². The van der Waals surface area contributed by atoms with Crippen LogP contribution in [0.25, 0.3) is 0 Å². The number of hydrogen-bond donors (Lipinski definition) is 1. The molecule has 1 N–H and O–H groups in total. The fourth-order valence-corrected chi connectivity index (χ4v) is 3.01. The number of nitrogens with zero attached hydrogens (tertiary/aromatic N) is 2. The summed E-state index contributed by atoms with van der Waals surface area (Å²) >= 11 is 5.98. The van der Waals surface area contributed by atoms with Crippen molar-refractivity contribution in [1.82, 2.24) is 10.2 Å². The highest BCUT2D eigenvalue weighted by Gasteiger charge is 2.24. The standard InChI is InChI=1S/C14H20ClN3O2/c1-16-9-13-4-2-3-7-17(13)10-11-8-12(15)5-6-14(11)18(19)20/h5-6,8,13,16H,2-4,7,9-10H2,1H3. The van der Waals surface area contributed by atoms with E-state index in [0.717, 1.165) is 25.9 Å². The molecule has 6 heteroatoms. The van der Waals surface area contributed by atoms with Gasteiger partial charge in [0.25, 0.3) is 5.69 Å². The van der Waals surface area contributed by atoms with Crippen molar-refractivity contribution in [3.8, 4) is 0 Å². The Morgan fingerprint density at radius 1 is 1.50 bits per heavy atom. The fraction of sp³-hybridized carbons (Fsp3) is 0.571. The van der Waals surface area contributed by atoms with Crippen LogP contribution in [0.2, 0.25) is 5.02 Å². The molecule has 1 aliphatic heterocycles. The molecule has 1 saturated heterocycles. The molecule has 5 nitrogen and oxygen atoms in total. The summed E-state index contributed by atoms with van der Waals surface area (Å²) in [4.78, 5) is 13.1. The maximum absolute atomic E-state index is 11.1. The first kappa shape index (κ1) is 15.2. The molecule has 1 aromatic rings. The zero-order chi connectivity index (χ0) is 14.5. The minimum atomic E-state index is -0.331. The van der Waals surface area contributed by atoms with E-state index in [1.807, 2.05) is 7.05 Å². The second-order valence-electron chi connectivity index (χ2n) is 5.21. The number of piperidine rings is 1. The van der Waals surface area contributed by atoms with Gasteiger partial charge in [0.2, 0.25) is 0 Å². The summed E-state index contributed by atoms with van der Waals surface area (Å²) in [6, 6.07) is 5.22. The normalized spacial score (nSPS) is 20.0. The molecule has 1 heterocycles. The lowest BCUT2D eigenvalue weighted by Crippen LogP contribution is -2.44. The van der Waals surface area contributed by atoms with Crippen LogP contribution in [0.1, 0.15) is 24.8 Å². The van der Waals surface area contributed by atoms with Crippen LogP contribution >= 0.6 is 11.6 Å². The number of likely N-dealkylation sites (N-methyl/N-ethyl adjacent to an activating group) is 1. The molecule has 1 aliphatic rings. The van der Waals surface area contributed by atoms with Gasteiger partial charge in [-0.15, -0.1) is 0 Å². The van der Waals surface area contributed by atoms with E-state index in [1.54, 1.807) is 12.1 Å². The van der Waals surface area contributed by atoms with Crippen molar-refractivity contribution >= 4 is 17.3 Å². The van der Waals surface area contributed by atoms with E-state index in [0.29, 0.717) is 23.2 Å². The lowest BCUT2D eigenvalue weighted by molar-refractivity contribution is -0.385. The van der Waals surface area contributed by atoms with Crippen LogP contribution in [0.5, 0.6) is 0 Å². The zero-order valence-corrected chi connectivity index (χ0v) is 12.4. The van der Waals surface area contributed by atoms with Gasteiger partial charge in [-0.05, 0) is 38.6 Å². The van der Waals surface area contributed by atoms with E-state index in [9.17, 15) is 10.1 Å². The summed E-state index contributed by atoms with van der Waals surface area (Å²) in [5, 5.41) is 14.9.